The molecule has 0 unspecified atom stereocenters. The predicted octanol–water partition coefficient (Wildman–Crippen LogP) is 3.97. The van der Waals surface area contributed by atoms with Gasteiger partial charge in [0, 0.05) is 6.04 Å². The minimum atomic E-state index is -0.511. The van der Waals surface area contributed by atoms with E-state index in [2.05, 4.69) is 17.4 Å². The number of nitrogens with one attached hydrogen (secondary N) is 1. The zero-order chi connectivity index (χ0) is 23.5. The van der Waals surface area contributed by atoms with E-state index in [4.69, 9.17) is 0 Å². The first-order valence-corrected chi connectivity index (χ1v) is 11.9. The molecule has 1 N–H and O–H groups in total. The van der Waals surface area contributed by atoms with Crippen LogP contribution in [0.5, 0.6) is 0 Å². The third-order valence-electron chi connectivity index (χ3n) is 5.64. The van der Waals surface area contributed by atoms with E-state index in [1.165, 1.54) is 26.0 Å². The Bertz CT molecular complexity index is 1400. The number of thiophene rings is 1. The molecular formula is C26H27N3O3S. The minimum absolute atomic E-state index is 0.0447. The lowest BCUT2D eigenvalue weighted by Crippen LogP contribution is -2.43. The Hall–Kier alpha value is -3.45. The van der Waals surface area contributed by atoms with Crippen molar-refractivity contribution in [2.75, 3.05) is 0 Å². The molecule has 0 spiro atoms. The van der Waals surface area contributed by atoms with Gasteiger partial charge >= 0.3 is 5.69 Å². The van der Waals surface area contributed by atoms with Gasteiger partial charge in [0.1, 0.15) is 11.2 Å². The smallest absolute Gasteiger partial charge is 0.336 e. The van der Waals surface area contributed by atoms with Crippen molar-refractivity contribution in [3.63, 3.8) is 0 Å². The molecule has 0 aliphatic carbocycles. The number of hydrogen-bond donors (Lipinski definition) is 1. The van der Waals surface area contributed by atoms with Crippen molar-refractivity contribution < 1.29 is 4.79 Å². The summed E-state index contributed by atoms with van der Waals surface area (Å²) in [5.74, 6) is -0.254. The van der Waals surface area contributed by atoms with Crippen LogP contribution in [0.4, 0.5) is 0 Å². The Labute approximate surface area is 196 Å². The lowest BCUT2D eigenvalue weighted by atomic mass is 10.1. The average Bonchev–Trinajstić information content (AvgIpc) is 3.26. The number of aromatic nitrogens is 2. The molecule has 4 aromatic rings. The van der Waals surface area contributed by atoms with Crippen LogP contribution in [0, 0.1) is 13.8 Å². The summed E-state index contributed by atoms with van der Waals surface area (Å²) in [4.78, 5) is 39.4. The van der Waals surface area contributed by atoms with Gasteiger partial charge in [-0.2, -0.15) is 0 Å². The number of fused-ring (bicyclic) bond motifs is 1. The number of amides is 1. The molecule has 6 nitrogen and oxygen atoms in total. The fourth-order valence-corrected chi connectivity index (χ4v) is 4.94. The van der Waals surface area contributed by atoms with E-state index in [0.717, 1.165) is 24.0 Å². The average molecular weight is 462 g/mol. The first kappa shape index (κ1) is 22.7. The van der Waals surface area contributed by atoms with Crippen LogP contribution in [-0.2, 0) is 17.8 Å². The largest absolute Gasteiger partial charge is 0.352 e. The molecule has 7 heteroatoms. The fourth-order valence-electron chi connectivity index (χ4n) is 4.11. The molecule has 2 heterocycles. The van der Waals surface area contributed by atoms with Crippen LogP contribution in [0.15, 0.2) is 69.6 Å². The van der Waals surface area contributed by atoms with Gasteiger partial charge in [0.05, 0.1) is 11.2 Å². The highest BCUT2D eigenvalue weighted by molar-refractivity contribution is 7.17. The number of benzene rings is 2. The summed E-state index contributed by atoms with van der Waals surface area (Å²) in [6.45, 7) is 5.66. The normalized spacial score (nSPS) is 12.1. The van der Waals surface area contributed by atoms with E-state index in [9.17, 15) is 14.4 Å². The maximum atomic E-state index is 13.4. The Morgan fingerprint density at radius 1 is 1.03 bits per heavy atom. The summed E-state index contributed by atoms with van der Waals surface area (Å²) in [6.07, 6.45) is 1.65. The molecule has 0 saturated heterocycles. The molecule has 2 aromatic heterocycles. The molecule has 0 saturated carbocycles. The molecule has 0 bridgehead atoms. The van der Waals surface area contributed by atoms with Crippen molar-refractivity contribution in [2.45, 2.75) is 46.2 Å². The van der Waals surface area contributed by atoms with E-state index in [1.54, 1.807) is 11.4 Å². The van der Waals surface area contributed by atoms with E-state index in [1.807, 2.05) is 57.2 Å². The molecule has 1 atom stereocenters. The molecule has 4 rings (SSSR count). The zero-order valence-electron chi connectivity index (χ0n) is 19.0. The number of carbonyl (C=O) groups excluding carboxylic acids is 1. The molecule has 0 radical (unpaired) electrons. The lowest BCUT2D eigenvalue weighted by Gasteiger charge is -2.16. The summed E-state index contributed by atoms with van der Waals surface area (Å²) in [5.41, 5.74) is 3.27. The van der Waals surface area contributed by atoms with Gasteiger partial charge in [0.15, 0.2) is 0 Å². The van der Waals surface area contributed by atoms with E-state index >= 15 is 0 Å². The van der Waals surface area contributed by atoms with Crippen molar-refractivity contribution >= 4 is 27.5 Å². The van der Waals surface area contributed by atoms with Gasteiger partial charge in [0.2, 0.25) is 5.91 Å². The number of hydrogen-bond acceptors (Lipinski definition) is 4. The molecule has 0 aliphatic heterocycles. The summed E-state index contributed by atoms with van der Waals surface area (Å²) < 4.78 is 3.02. The third kappa shape index (κ3) is 4.98. The number of nitrogens with zero attached hydrogens (tertiary/aromatic N) is 2. The first-order chi connectivity index (χ1) is 15.8. The van der Waals surface area contributed by atoms with Gasteiger partial charge < -0.3 is 5.32 Å². The van der Waals surface area contributed by atoms with Crippen LogP contribution in [0.1, 0.15) is 30.0 Å². The Morgan fingerprint density at radius 2 is 1.73 bits per heavy atom. The summed E-state index contributed by atoms with van der Waals surface area (Å²) in [7, 11) is 0. The van der Waals surface area contributed by atoms with Crippen LogP contribution in [0.25, 0.3) is 15.9 Å². The monoisotopic (exact) mass is 461 g/mol. The third-order valence-corrected chi connectivity index (χ3v) is 6.53. The van der Waals surface area contributed by atoms with Crippen molar-refractivity contribution in [3.8, 4) is 5.69 Å². The van der Waals surface area contributed by atoms with Crippen molar-refractivity contribution in [1.82, 2.24) is 14.5 Å². The molecule has 170 valence electrons. The second-order valence-electron chi connectivity index (χ2n) is 8.48. The summed E-state index contributed by atoms with van der Waals surface area (Å²) in [5, 5.41) is 4.76. The van der Waals surface area contributed by atoms with Crippen molar-refractivity contribution in [2.24, 2.45) is 0 Å². The summed E-state index contributed by atoms with van der Waals surface area (Å²) >= 11 is 1.28. The number of aryl methyl sites for hydroxylation is 3. The Balaban J connectivity index is 1.61. The van der Waals surface area contributed by atoms with Crippen LogP contribution >= 0.6 is 11.3 Å². The van der Waals surface area contributed by atoms with E-state index < -0.39 is 5.69 Å². The van der Waals surface area contributed by atoms with Gasteiger partial charge in [0.25, 0.3) is 5.56 Å². The van der Waals surface area contributed by atoms with Crippen LogP contribution in [0.2, 0.25) is 0 Å². The Kier molecular flexibility index (Phi) is 6.60. The van der Waals surface area contributed by atoms with Crippen molar-refractivity contribution in [1.29, 1.82) is 0 Å². The van der Waals surface area contributed by atoms with E-state index in [0.29, 0.717) is 15.9 Å². The number of rotatable bonds is 7. The molecule has 0 aliphatic rings. The highest BCUT2D eigenvalue weighted by Crippen LogP contribution is 2.17. The van der Waals surface area contributed by atoms with Crippen LogP contribution in [-0.4, -0.2) is 21.1 Å². The highest BCUT2D eigenvalue weighted by atomic mass is 32.1. The predicted molar refractivity (Wildman–Crippen MR) is 134 cm³/mol. The van der Waals surface area contributed by atoms with Crippen LogP contribution in [0.3, 0.4) is 0 Å². The van der Waals surface area contributed by atoms with Gasteiger partial charge in [-0.05, 0) is 73.9 Å². The quantitative estimate of drug-likeness (QED) is 0.453. The second kappa shape index (κ2) is 9.58. The lowest BCUT2D eigenvalue weighted by molar-refractivity contribution is -0.122. The Morgan fingerprint density at radius 3 is 2.42 bits per heavy atom. The van der Waals surface area contributed by atoms with E-state index in [-0.39, 0.29) is 24.1 Å². The number of carbonyl (C=O) groups is 1. The van der Waals surface area contributed by atoms with Crippen LogP contribution < -0.4 is 16.6 Å². The maximum absolute atomic E-state index is 13.4. The zero-order valence-corrected chi connectivity index (χ0v) is 19.8. The van der Waals surface area contributed by atoms with Gasteiger partial charge in [-0.25, -0.2) is 9.36 Å². The molecule has 2 aromatic carbocycles. The molecular weight excluding hydrogens is 434 g/mol. The van der Waals surface area contributed by atoms with Gasteiger partial charge in [-0.3, -0.25) is 14.2 Å². The topological polar surface area (TPSA) is 73.1 Å². The van der Waals surface area contributed by atoms with Gasteiger partial charge in [-0.15, -0.1) is 11.3 Å². The molecule has 0 fully saturated rings. The minimum Gasteiger partial charge on any atom is -0.352 e. The first-order valence-electron chi connectivity index (χ1n) is 11.0. The molecule has 33 heavy (non-hydrogen) atoms. The highest BCUT2D eigenvalue weighted by Gasteiger charge is 2.18. The second-order valence-corrected chi connectivity index (χ2v) is 9.40. The molecule has 1 amide bonds. The fraction of sp³-hybridized carbons (Fsp3) is 0.269. The maximum Gasteiger partial charge on any atom is 0.336 e. The van der Waals surface area contributed by atoms with Crippen molar-refractivity contribution in [3.05, 3.63) is 97.5 Å². The van der Waals surface area contributed by atoms with Gasteiger partial charge in [-0.1, -0.05) is 36.4 Å². The standard InChI is InChI=1S/C26H27N3O3S/c1-17-13-18(2)15-21(14-17)29-25(31)24-22(11-12-33-24)28(26(29)32)16-23(30)27-19(3)9-10-20-7-5-4-6-8-20/h4-8,11-15,19H,9-10,16H2,1-3H3,(H,27,30)/t19-/m1/s1. The summed E-state index contributed by atoms with van der Waals surface area (Å²) in [6, 6.07) is 17.4. The SMILES string of the molecule is Cc1cc(C)cc(-n2c(=O)c3sccc3n(CC(=O)N[C@H](C)CCc3ccccc3)c2=O)c1.